The van der Waals surface area contributed by atoms with Gasteiger partial charge in [0.1, 0.15) is 11.5 Å². The average Bonchev–Trinajstić information content (AvgIpc) is 3.07. The lowest BCUT2D eigenvalue weighted by atomic mass is 10.1. The fourth-order valence-corrected chi connectivity index (χ4v) is 4.30. The summed E-state index contributed by atoms with van der Waals surface area (Å²) < 4.78 is 21.4. The number of nitrogens with one attached hydrogen (secondary N) is 1. The van der Waals surface area contributed by atoms with Gasteiger partial charge in [0.25, 0.3) is 0 Å². The zero-order valence-electron chi connectivity index (χ0n) is 27.0. The highest BCUT2D eigenvalue weighted by atomic mass is 16.5. The van der Waals surface area contributed by atoms with Crippen molar-refractivity contribution in [2.75, 3.05) is 31.7 Å². The van der Waals surface area contributed by atoms with Crippen molar-refractivity contribution in [2.24, 2.45) is 4.99 Å². The van der Waals surface area contributed by atoms with Crippen LogP contribution in [0.2, 0.25) is 0 Å². The van der Waals surface area contributed by atoms with E-state index in [1.54, 1.807) is 12.3 Å². The summed E-state index contributed by atoms with van der Waals surface area (Å²) in [5, 5.41) is 2.92. The van der Waals surface area contributed by atoms with E-state index >= 15 is 0 Å². The molecule has 0 atom stereocenters. The SMILES string of the molecule is C=CC(=O)OCCCCOc1ccc(/C=C/C(=O)Nc2cc(C)c(/N=C/c3ccc(OCCCCOC(=O)C=C)cc3)c(C)c2)cc1. The summed E-state index contributed by atoms with van der Waals surface area (Å²) in [7, 11) is 0. The normalized spacial score (nSPS) is 10.9. The predicted molar refractivity (Wildman–Crippen MR) is 185 cm³/mol. The van der Waals surface area contributed by atoms with Crippen LogP contribution in [0.3, 0.4) is 0 Å². The molecule has 0 aliphatic carbocycles. The molecule has 0 fully saturated rings. The largest absolute Gasteiger partial charge is 0.494 e. The maximum atomic E-state index is 12.6. The van der Waals surface area contributed by atoms with Crippen molar-refractivity contribution < 1.29 is 33.3 Å². The van der Waals surface area contributed by atoms with Gasteiger partial charge in [-0.2, -0.15) is 0 Å². The number of rotatable bonds is 19. The Bertz CT molecular complexity index is 1530. The molecule has 0 radical (unpaired) electrons. The minimum Gasteiger partial charge on any atom is -0.494 e. The van der Waals surface area contributed by atoms with Crippen LogP contribution < -0.4 is 14.8 Å². The summed E-state index contributed by atoms with van der Waals surface area (Å²) in [6.45, 7) is 12.4. The van der Waals surface area contributed by atoms with E-state index < -0.39 is 11.9 Å². The Kier molecular flexibility index (Phi) is 15.2. The molecule has 0 aromatic heterocycles. The van der Waals surface area contributed by atoms with Crippen LogP contribution in [0, 0.1) is 13.8 Å². The zero-order chi connectivity index (χ0) is 33.9. The highest BCUT2D eigenvalue weighted by Crippen LogP contribution is 2.28. The molecular weight excluding hydrogens is 596 g/mol. The van der Waals surface area contributed by atoms with Crippen molar-refractivity contribution in [3.63, 3.8) is 0 Å². The van der Waals surface area contributed by atoms with Gasteiger partial charge in [0.15, 0.2) is 0 Å². The molecule has 3 aromatic rings. The Labute approximate surface area is 276 Å². The number of aliphatic imine (C=N–C) groups is 1. The van der Waals surface area contributed by atoms with Gasteiger partial charge in [0, 0.05) is 30.1 Å². The molecule has 3 rings (SSSR count). The van der Waals surface area contributed by atoms with Gasteiger partial charge in [-0.1, -0.05) is 25.3 Å². The van der Waals surface area contributed by atoms with E-state index in [4.69, 9.17) is 23.9 Å². The number of esters is 2. The van der Waals surface area contributed by atoms with Gasteiger partial charge >= 0.3 is 11.9 Å². The number of aryl methyl sites for hydroxylation is 2. The maximum Gasteiger partial charge on any atom is 0.330 e. The monoisotopic (exact) mass is 638 g/mol. The van der Waals surface area contributed by atoms with E-state index in [1.165, 1.54) is 6.08 Å². The van der Waals surface area contributed by atoms with Crippen molar-refractivity contribution in [3.8, 4) is 11.5 Å². The van der Waals surface area contributed by atoms with E-state index in [0.29, 0.717) is 38.5 Å². The highest BCUT2D eigenvalue weighted by molar-refractivity contribution is 6.02. The molecule has 0 bridgehead atoms. The minimum absolute atomic E-state index is 0.240. The highest BCUT2D eigenvalue weighted by Gasteiger charge is 2.07. The Morgan fingerprint density at radius 3 is 1.66 bits per heavy atom. The van der Waals surface area contributed by atoms with E-state index in [-0.39, 0.29) is 5.91 Å². The van der Waals surface area contributed by atoms with Crippen LogP contribution in [0.25, 0.3) is 6.08 Å². The number of amides is 1. The molecule has 9 nitrogen and oxygen atoms in total. The Morgan fingerprint density at radius 2 is 1.17 bits per heavy atom. The van der Waals surface area contributed by atoms with Crippen LogP contribution in [0.4, 0.5) is 11.4 Å². The predicted octanol–water partition coefficient (Wildman–Crippen LogP) is 7.48. The maximum absolute atomic E-state index is 12.6. The molecule has 246 valence electrons. The summed E-state index contributed by atoms with van der Waals surface area (Å²) in [6.07, 6.45) is 10.3. The smallest absolute Gasteiger partial charge is 0.330 e. The Morgan fingerprint density at radius 1 is 0.702 bits per heavy atom. The molecule has 0 saturated carbocycles. The zero-order valence-corrected chi connectivity index (χ0v) is 27.0. The quantitative estimate of drug-likeness (QED) is 0.0627. The van der Waals surface area contributed by atoms with Gasteiger partial charge in [0.2, 0.25) is 5.91 Å². The molecule has 0 aliphatic rings. The van der Waals surface area contributed by atoms with Crippen molar-refractivity contribution in [1.82, 2.24) is 0 Å². The number of carbonyl (C=O) groups is 3. The fourth-order valence-electron chi connectivity index (χ4n) is 4.30. The fraction of sp³-hybridized carbons (Fsp3) is 0.263. The molecule has 0 unspecified atom stereocenters. The van der Waals surface area contributed by atoms with Gasteiger partial charge in [-0.15, -0.1) is 0 Å². The first-order valence-electron chi connectivity index (χ1n) is 15.5. The number of nitrogens with zero attached hydrogens (tertiary/aromatic N) is 1. The summed E-state index contributed by atoms with van der Waals surface area (Å²) in [6, 6.07) is 18.9. The van der Waals surface area contributed by atoms with Crippen molar-refractivity contribution in [1.29, 1.82) is 0 Å². The first kappa shape index (κ1) is 36.0. The number of unbranched alkanes of at least 4 members (excludes halogenated alkanes) is 2. The molecule has 1 N–H and O–H groups in total. The van der Waals surface area contributed by atoms with Crippen LogP contribution in [0.1, 0.15) is 47.9 Å². The molecule has 0 spiro atoms. The van der Waals surface area contributed by atoms with Gasteiger partial charge in [-0.05, 0) is 116 Å². The molecule has 9 heteroatoms. The molecule has 1 amide bonds. The number of ether oxygens (including phenoxy) is 4. The van der Waals surface area contributed by atoms with Crippen molar-refractivity contribution in [2.45, 2.75) is 39.5 Å². The summed E-state index contributed by atoms with van der Waals surface area (Å²) in [5.41, 5.74) is 5.20. The molecule has 0 saturated heterocycles. The molecule has 0 heterocycles. The number of anilines is 1. The summed E-state index contributed by atoms with van der Waals surface area (Å²) in [5.74, 6) is 0.407. The minimum atomic E-state index is -0.421. The van der Waals surface area contributed by atoms with Gasteiger partial charge in [-0.3, -0.25) is 9.79 Å². The second-order valence-corrected chi connectivity index (χ2v) is 10.5. The molecular formula is C38H42N2O7. The number of carbonyl (C=O) groups excluding carboxylic acids is 3. The average molecular weight is 639 g/mol. The lowest BCUT2D eigenvalue weighted by Gasteiger charge is -2.10. The van der Waals surface area contributed by atoms with E-state index in [9.17, 15) is 14.4 Å². The molecule has 47 heavy (non-hydrogen) atoms. The summed E-state index contributed by atoms with van der Waals surface area (Å²) >= 11 is 0. The second kappa shape index (κ2) is 19.8. The van der Waals surface area contributed by atoms with Crippen LogP contribution in [-0.2, 0) is 23.9 Å². The Hall–Kier alpha value is -5.44. The van der Waals surface area contributed by atoms with Crippen LogP contribution >= 0.6 is 0 Å². The first-order valence-corrected chi connectivity index (χ1v) is 15.5. The number of hydrogen-bond donors (Lipinski definition) is 1. The number of hydrogen-bond acceptors (Lipinski definition) is 8. The van der Waals surface area contributed by atoms with Gasteiger partial charge in [-0.25, -0.2) is 9.59 Å². The van der Waals surface area contributed by atoms with Crippen LogP contribution in [-0.4, -0.2) is 50.5 Å². The van der Waals surface area contributed by atoms with E-state index in [0.717, 1.165) is 70.9 Å². The lowest BCUT2D eigenvalue weighted by molar-refractivity contribution is -0.138. The van der Waals surface area contributed by atoms with Crippen LogP contribution in [0.15, 0.2) is 97.0 Å². The van der Waals surface area contributed by atoms with Gasteiger partial charge < -0.3 is 24.3 Å². The topological polar surface area (TPSA) is 113 Å². The summed E-state index contributed by atoms with van der Waals surface area (Å²) in [4.78, 5) is 39.4. The first-order chi connectivity index (χ1) is 22.8. The van der Waals surface area contributed by atoms with E-state index in [2.05, 4.69) is 18.5 Å². The van der Waals surface area contributed by atoms with Crippen molar-refractivity contribution in [3.05, 3.63) is 114 Å². The second-order valence-electron chi connectivity index (χ2n) is 10.5. The molecule has 0 aliphatic heterocycles. The molecule has 3 aromatic carbocycles. The third kappa shape index (κ3) is 13.6. The standard InChI is InChI=1S/C38H42N2O7/c1-5-36(42)46-23-9-7-21-44-33-16-11-30(12-17-33)15-20-35(41)40-32-25-28(3)38(29(4)26-32)39-27-31-13-18-34(19-14-31)45-22-8-10-24-47-37(43)6-2/h5-6,11-20,25-27H,1-2,7-10,21-24H2,3-4H3,(H,40,41)/b20-15+,39-27+. The van der Waals surface area contributed by atoms with Gasteiger partial charge in [0.05, 0.1) is 32.1 Å². The lowest BCUT2D eigenvalue weighted by Crippen LogP contribution is -2.08. The Balaban J connectivity index is 1.43. The van der Waals surface area contributed by atoms with Crippen molar-refractivity contribution >= 4 is 41.5 Å². The number of benzene rings is 3. The third-order valence-corrected chi connectivity index (χ3v) is 6.73. The third-order valence-electron chi connectivity index (χ3n) is 6.73. The van der Waals surface area contributed by atoms with Crippen LogP contribution in [0.5, 0.6) is 11.5 Å². The van der Waals surface area contributed by atoms with E-state index in [1.807, 2.05) is 74.5 Å².